The smallest absolute Gasteiger partial charge is 0.278 e. The van der Waals surface area contributed by atoms with Crippen molar-refractivity contribution in [2.45, 2.75) is 13.5 Å². The second-order valence-corrected chi connectivity index (χ2v) is 6.09. The standard InChI is InChI=1S/C20H18N4O4/c1-2-24-11-15(18(23-24)20(26)21-14-6-4-3-5-7-14)22-19(25)13-8-9-16-17(10-13)28-12-27-16/h3-11H,2,12H2,1H3,(H,21,26)(H,22,25). The predicted octanol–water partition coefficient (Wildman–Crippen LogP) is 3.14. The summed E-state index contributed by atoms with van der Waals surface area (Å²) in [4.78, 5) is 25.3. The molecular weight excluding hydrogens is 360 g/mol. The van der Waals surface area contributed by atoms with E-state index in [0.717, 1.165) is 0 Å². The molecule has 1 aliphatic rings. The Labute approximate surface area is 161 Å². The van der Waals surface area contributed by atoms with Gasteiger partial charge in [0.25, 0.3) is 11.8 Å². The highest BCUT2D eigenvalue weighted by atomic mass is 16.7. The number of hydrogen-bond donors (Lipinski definition) is 2. The molecule has 0 saturated heterocycles. The number of benzene rings is 2. The molecular formula is C20H18N4O4. The summed E-state index contributed by atoms with van der Waals surface area (Å²) >= 11 is 0. The lowest BCUT2D eigenvalue weighted by Gasteiger charge is -2.07. The van der Waals surface area contributed by atoms with Crippen molar-refractivity contribution >= 4 is 23.2 Å². The lowest BCUT2D eigenvalue weighted by molar-refractivity contribution is 0.102. The number of carbonyl (C=O) groups excluding carboxylic acids is 2. The molecule has 1 aliphatic heterocycles. The fourth-order valence-electron chi connectivity index (χ4n) is 2.79. The first kappa shape index (κ1) is 17.6. The van der Waals surface area contributed by atoms with E-state index in [-0.39, 0.29) is 18.4 Å². The Balaban J connectivity index is 1.56. The van der Waals surface area contributed by atoms with E-state index in [4.69, 9.17) is 9.47 Å². The van der Waals surface area contributed by atoms with Gasteiger partial charge in [-0.1, -0.05) is 18.2 Å². The molecule has 0 atom stereocenters. The lowest BCUT2D eigenvalue weighted by atomic mass is 10.2. The highest BCUT2D eigenvalue weighted by Crippen LogP contribution is 2.32. The maximum absolute atomic E-state index is 12.7. The van der Waals surface area contributed by atoms with Gasteiger partial charge in [0.2, 0.25) is 6.79 Å². The van der Waals surface area contributed by atoms with Crippen molar-refractivity contribution in [1.29, 1.82) is 0 Å². The third-order valence-electron chi connectivity index (χ3n) is 4.22. The van der Waals surface area contributed by atoms with Gasteiger partial charge >= 0.3 is 0 Å². The van der Waals surface area contributed by atoms with Crippen LogP contribution in [0.4, 0.5) is 11.4 Å². The van der Waals surface area contributed by atoms with Crippen molar-refractivity contribution in [2.75, 3.05) is 17.4 Å². The first-order valence-electron chi connectivity index (χ1n) is 8.79. The topological polar surface area (TPSA) is 94.5 Å². The molecule has 28 heavy (non-hydrogen) atoms. The van der Waals surface area contributed by atoms with E-state index in [0.29, 0.717) is 35.0 Å². The van der Waals surface area contributed by atoms with Gasteiger partial charge in [0.05, 0.1) is 5.69 Å². The summed E-state index contributed by atoms with van der Waals surface area (Å²) in [7, 11) is 0. The molecule has 0 bridgehead atoms. The quantitative estimate of drug-likeness (QED) is 0.711. The minimum absolute atomic E-state index is 0.132. The summed E-state index contributed by atoms with van der Waals surface area (Å²) in [5, 5.41) is 9.81. The molecule has 8 heteroatoms. The van der Waals surface area contributed by atoms with E-state index >= 15 is 0 Å². The van der Waals surface area contributed by atoms with Gasteiger partial charge in [-0.05, 0) is 37.3 Å². The minimum Gasteiger partial charge on any atom is -0.454 e. The number of aryl methyl sites for hydroxylation is 1. The molecule has 4 rings (SSSR count). The number of hydrogen-bond acceptors (Lipinski definition) is 5. The van der Waals surface area contributed by atoms with Crippen LogP contribution in [0.25, 0.3) is 0 Å². The average Bonchev–Trinajstić information content (AvgIpc) is 3.34. The van der Waals surface area contributed by atoms with Gasteiger partial charge < -0.3 is 20.1 Å². The van der Waals surface area contributed by atoms with Gasteiger partial charge in [-0.3, -0.25) is 14.3 Å². The van der Waals surface area contributed by atoms with Gasteiger partial charge in [0, 0.05) is 24.0 Å². The van der Waals surface area contributed by atoms with Crippen LogP contribution >= 0.6 is 0 Å². The number of para-hydroxylation sites is 1. The number of amides is 2. The largest absolute Gasteiger partial charge is 0.454 e. The number of anilines is 2. The molecule has 2 amide bonds. The molecule has 3 aromatic rings. The number of carbonyl (C=O) groups is 2. The first-order chi connectivity index (χ1) is 13.6. The Morgan fingerprint density at radius 3 is 2.61 bits per heavy atom. The molecule has 1 aromatic heterocycles. The van der Waals surface area contributed by atoms with Crippen molar-refractivity contribution in [1.82, 2.24) is 9.78 Å². The average molecular weight is 378 g/mol. The first-order valence-corrected chi connectivity index (χ1v) is 8.79. The van der Waals surface area contributed by atoms with Crippen LogP contribution in [-0.2, 0) is 6.54 Å². The molecule has 2 N–H and O–H groups in total. The van der Waals surface area contributed by atoms with Gasteiger partial charge in [-0.15, -0.1) is 0 Å². The molecule has 0 spiro atoms. The van der Waals surface area contributed by atoms with Gasteiger partial charge in [-0.2, -0.15) is 5.10 Å². The van der Waals surface area contributed by atoms with Gasteiger partial charge in [-0.25, -0.2) is 0 Å². The Bertz CT molecular complexity index is 1030. The van der Waals surface area contributed by atoms with Crippen LogP contribution in [0.15, 0.2) is 54.7 Å². The molecule has 8 nitrogen and oxygen atoms in total. The van der Waals surface area contributed by atoms with Crippen molar-refractivity contribution in [3.63, 3.8) is 0 Å². The van der Waals surface area contributed by atoms with E-state index in [1.54, 1.807) is 41.2 Å². The van der Waals surface area contributed by atoms with Crippen molar-refractivity contribution in [2.24, 2.45) is 0 Å². The summed E-state index contributed by atoms with van der Waals surface area (Å²) in [6.07, 6.45) is 1.63. The van der Waals surface area contributed by atoms with E-state index < -0.39 is 5.91 Å². The summed E-state index contributed by atoms with van der Waals surface area (Å²) in [6.45, 7) is 2.59. The van der Waals surface area contributed by atoms with Crippen LogP contribution in [0.5, 0.6) is 11.5 Å². The Hall–Kier alpha value is -3.81. The maximum atomic E-state index is 12.7. The Morgan fingerprint density at radius 2 is 1.82 bits per heavy atom. The zero-order chi connectivity index (χ0) is 19.5. The Kier molecular flexibility index (Phi) is 4.67. The summed E-state index contributed by atoms with van der Waals surface area (Å²) in [5.41, 5.74) is 1.51. The van der Waals surface area contributed by atoms with Crippen LogP contribution in [0.2, 0.25) is 0 Å². The van der Waals surface area contributed by atoms with Crippen molar-refractivity contribution in [3.05, 3.63) is 66.0 Å². The third kappa shape index (κ3) is 3.52. The SMILES string of the molecule is CCn1cc(NC(=O)c2ccc3c(c2)OCO3)c(C(=O)Nc2ccccc2)n1. The normalized spacial score (nSPS) is 11.9. The van der Waals surface area contributed by atoms with Gasteiger partial charge in [0.15, 0.2) is 17.2 Å². The van der Waals surface area contributed by atoms with Crippen LogP contribution in [-0.4, -0.2) is 28.4 Å². The molecule has 142 valence electrons. The number of nitrogens with zero attached hydrogens (tertiary/aromatic N) is 2. The number of nitrogens with one attached hydrogen (secondary N) is 2. The molecule has 0 radical (unpaired) electrons. The monoisotopic (exact) mass is 378 g/mol. The van der Waals surface area contributed by atoms with Crippen LogP contribution < -0.4 is 20.1 Å². The molecule has 0 saturated carbocycles. The second kappa shape index (κ2) is 7.43. The van der Waals surface area contributed by atoms with E-state index in [2.05, 4.69) is 15.7 Å². The molecule has 2 heterocycles. The Morgan fingerprint density at radius 1 is 1.04 bits per heavy atom. The molecule has 0 aliphatic carbocycles. The highest BCUT2D eigenvalue weighted by molar-refractivity contribution is 6.11. The predicted molar refractivity (Wildman–Crippen MR) is 103 cm³/mol. The number of aromatic nitrogens is 2. The summed E-state index contributed by atoms with van der Waals surface area (Å²) in [5.74, 6) is 0.333. The second-order valence-electron chi connectivity index (χ2n) is 6.09. The zero-order valence-corrected chi connectivity index (χ0v) is 15.1. The zero-order valence-electron chi connectivity index (χ0n) is 15.1. The minimum atomic E-state index is -0.403. The van der Waals surface area contributed by atoms with Crippen molar-refractivity contribution in [3.8, 4) is 11.5 Å². The summed E-state index contributed by atoms with van der Waals surface area (Å²) < 4.78 is 12.2. The lowest BCUT2D eigenvalue weighted by Crippen LogP contribution is -2.18. The number of ether oxygens (including phenoxy) is 2. The van der Waals surface area contributed by atoms with Crippen LogP contribution in [0, 0.1) is 0 Å². The highest BCUT2D eigenvalue weighted by Gasteiger charge is 2.21. The molecule has 0 unspecified atom stereocenters. The van der Waals surface area contributed by atoms with Crippen LogP contribution in [0.1, 0.15) is 27.8 Å². The maximum Gasteiger partial charge on any atom is 0.278 e. The van der Waals surface area contributed by atoms with Crippen LogP contribution in [0.3, 0.4) is 0 Å². The third-order valence-corrected chi connectivity index (χ3v) is 4.22. The fourth-order valence-corrected chi connectivity index (χ4v) is 2.79. The van der Waals surface area contributed by atoms with Gasteiger partial charge in [0.1, 0.15) is 0 Å². The van der Waals surface area contributed by atoms with E-state index in [1.807, 2.05) is 25.1 Å². The van der Waals surface area contributed by atoms with E-state index in [1.165, 1.54) is 0 Å². The fraction of sp³-hybridized carbons (Fsp3) is 0.150. The molecule has 0 fully saturated rings. The van der Waals surface area contributed by atoms with E-state index in [9.17, 15) is 9.59 Å². The molecule has 2 aromatic carbocycles. The number of fused-ring (bicyclic) bond motifs is 1. The van der Waals surface area contributed by atoms with Crippen molar-refractivity contribution < 1.29 is 19.1 Å². The number of rotatable bonds is 5. The summed E-state index contributed by atoms with van der Waals surface area (Å²) in [6, 6.07) is 14.0.